The van der Waals surface area contributed by atoms with Crippen molar-refractivity contribution in [3.63, 3.8) is 0 Å². The summed E-state index contributed by atoms with van der Waals surface area (Å²) in [5, 5.41) is 3.39. The molecule has 2 saturated heterocycles. The molecule has 2 aliphatic rings. The van der Waals surface area contributed by atoms with Gasteiger partial charge in [0.2, 0.25) is 5.91 Å². The highest BCUT2D eigenvalue weighted by Crippen LogP contribution is 2.31. The average Bonchev–Trinajstić information content (AvgIpc) is 2.32. The van der Waals surface area contributed by atoms with Crippen LogP contribution in [0.3, 0.4) is 0 Å². The van der Waals surface area contributed by atoms with E-state index in [9.17, 15) is 4.79 Å². The standard InChI is InChI=1S/C16H30N2O/c1-16(2,3)11-14-6-9-18(15(19)10-14)12-13-4-7-17-8-5-13/h13-14,17H,4-12H2,1-3H3/t14-/m0/s1. The summed E-state index contributed by atoms with van der Waals surface area (Å²) in [5.74, 6) is 1.74. The van der Waals surface area contributed by atoms with Gasteiger partial charge in [0.15, 0.2) is 0 Å². The minimum atomic E-state index is 0.349. The van der Waals surface area contributed by atoms with Gasteiger partial charge in [-0.25, -0.2) is 0 Å². The second-order valence-corrected chi connectivity index (χ2v) is 7.66. The molecule has 0 aromatic carbocycles. The van der Waals surface area contributed by atoms with E-state index in [1.807, 2.05) is 0 Å². The molecule has 0 aromatic heterocycles. The molecule has 0 unspecified atom stereocenters. The predicted octanol–water partition coefficient (Wildman–Crippen LogP) is 2.66. The zero-order valence-electron chi connectivity index (χ0n) is 12.9. The van der Waals surface area contributed by atoms with Gasteiger partial charge >= 0.3 is 0 Å². The van der Waals surface area contributed by atoms with Crippen molar-refractivity contribution < 1.29 is 4.79 Å². The van der Waals surface area contributed by atoms with Crippen LogP contribution >= 0.6 is 0 Å². The van der Waals surface area contributed by atoms with Gasteiger partial charge < -0.3 is 10.2 Å². The number of nitrogens with zero attached hydrogens (tertiary/aromatic N) is 1. The number of hydrogen-bond donors (Lipinski definition) is 1. The minimum absolute atomic E-state index is 0.349. The fourth-order valence-electron chi connectivity index (χ4n) is 3.55. The van der Waals surface area contributed by atoms with E-state index in [1.165, 1.54) is 25.7 Å². The van der Waals surface area contributed by atoms with E-state index in [-0.39, 0.29) is 0 Å². The largest absolute Gasteiger partial charge is 0.342 e. The summed E-state index contributed by atoms with van der Waals surface area (Å²) < 4.78 is 0. The molecule has 3 heteroatoms. The van der Waals surface area contributed by atoms with E-state index in [0.717, 1.165) is 38.5 Å². The van der Waals surface area contributed by atoms with E-state index >= 15 is 0 Å². The topological polar surface area (TPSA) is 32.3 Å². The molecule has 0 spiro atoms. The van der Waals surface area contributed by atoms with E-state index < -0.39 is 0 Å². The summed E-state index contributed by atoms with van der Waals surface area (Å²) in [7, 11) is 0. The van der Waals surface area contributed by atoms with Crippen molar-refractivity contribution in [2.45, 2.75) is 52.9 Å². The van der Waals surface area contributed by atoms with Gasteiger partial charge in [-0.15, -0.1) is 0 Å². The summed E-state index contributed by atoms with van der Waals surface area (Å²) in [6, 6.07) is 0. The summed E-state index contributed by atoms with van der Waals surface area (Å²) in [5.41, 5.74) is 0.349. The Morgan fingerprint density at radius 1 is 1.16 bits per heavy atom. The number of nitrogens with one attached hydrogen (secondary N) is 1. The molecule has 0 aromatic rings. The third kappa shape index (κ3) is 4.79. The Morgan fingerprint density at radius 3 is 2.42 bits per heavy atom. The highest BCUT2D eigenvalue weighted by Gasteiger charge is 2.30. The zero-order valence-corrected chi connectivity index (χ0v) is 12.9. The van der Waals surface area contributed by atoms with Crippen LogP contribution in [-0.2, 0) is 4.79 Å². The molecular formula is C16H30N2O. The van der Waals surface area contributed by atoms with Crippen molar-refractivity contribution in [3.05, 3.63) is 0 Å². The molecule has 0 radical (unpaired) electrons. The molecule has 2 aliphatic heterocycles. The van der Waals surface area contributed by atoms with Crippen LogP contribution < -0.4 is 5.32 Å². The van der Waals surface area contributed by atoms with Gasteiger partial charge in [-0.1, -0.05) is 20.8 Å². The monoisotopic (exact) mass is 266 g/mol. The first-order valence-corrected chi connectivity index (χ1v) is 7.92. The lowest BCUT2D eigenvalue weighted by Gasteiger charge is -2.37. The zero-order chi connectivity index (χ0) is 13.9. The lowest BCUT2D eigenvalue weighted by molar-refractivity contribution is -0.136. The van der Waals surface area contributed by atoms with E-state index in [4.69, 9.17) is 0 Å². The number of likely N-dealkylation sites (tertiary alicyclic amines) is 1. The van der Waals surface area contributed by atoms with Crippen molar-refractivity contribution in [1.82, 2.24) is 10.2 Å². The molecule has 110 valence electrons. The van der Waals surface area contributed by atoms with E-state index in [1.54, 1.807) is 0 Å². The lowest BCUT2D eigenvalue weighted by Crippen LogP contribution is -2.44. The molecule has 2 heterocycles. The van der Waals surface area contributed by atoms with Crippen LogP contribution in [0.5, 0.6) is 0 Å². The highest BCUT2D eigenvalue weighted by atomic mass is 16.2. The fraction of sp³-hybridized carbons (Fsp3) is 0.938. The maximum absolute atomic E-state index is 12.3. The molecule has 3 nitrogen and oxygen atoms in total. The Bertz CT molecular complexity index is 302. The molecule has 2 fully saturated rings. The van der Waals surface area contributed by atoms with Gasteiger partial charge in [0.25, 0.3) is 0 Å². The van der Waals surface area contributed by atoms with E-state index in [2.05, 4.69) is 31.0 Å². The summed E-state index contributed by atoms with van der Waals surface area (Å²) in [6.45, 7) is 11.1. The van der Waals surface area contributed by atoms with Gasteiger partial charge in [0.05, 0.1) is 0 Å². The molecular weight excluding hydrogens is 236 g/mol. The quantitative estimate of drug-likeness (QED) is 0.852. The van der Waals surface area contributed by atoms with Gasteiger partial charge in [-0.05, 0) is 56.0 Å². The highest BCUT2D eigenvalue weighted by molar-refractivity contribution is 5.77. The number of hydrogen-bond acceptors (Lipinski definition) is 2. The van der Waals surface area contributed by atoms with Gasteiger partial charge in [-0.2, -0.15) is 0 Å². The Morgan fingerprint density at radius 2 is 1.84 bits per heavy atom. The molecule has 2 rings (SSSR count). The second-order valence-electron chi connectivity index (χ2n) is 7.66. The molecule has 0 saturated carbocycles. The Hall–Kier alpha value is -0.570. The molecule has 0 aliphatic carbocycles. The maximum atomic E-state index is 12.3. The lowest BCUT2D eigenvalue weighted by atomic mass is 9.80. The number of carbonyl (C=O) groups excluding carboxylic acids is 1. The van der Waals surface area contributed by atoms with Crippen LogP contribution in [0, 0.1) is 17.3 Å². The predicted molar refractivity (Wildman–Crippen MR) is 79.0 cm³/mol. The minimum Gasteiger partial charge on any atom is -0.342 e. The van der Waals surface area contributed by atoms with Crippen LogP contribution in [-0.4, -0.2) is 37.0 Å². The molecule has 1 amide bonds. The van der Waals surface area contributed by atoms with Crippen LogP contribution in [0.25, 0.3) is 0 Å². The number of carbonyl (C=O) groups is 1. The second kappa shape index (κ2) is 6.25. The van der Waals surface area contributed by atoms with Gasteiger partial charge in [0, 0.05) is 19.5 Å². The fourth-order valence-corrected chi connectivity index (χ4v) is 3.55. The SMILES string of the molecule is CC(C)(C)C[C@H]1CCN(CC2CCNCC2)C(=O)C1. The van der Waals surface area contributed by atoms with Crippen molar-refractivity contribution in [1.29, 1.82) is 0 Å². The smallest absolute Gasteiger partial charge is 0.222 e. The van der Waals surface area contributed by atoms with E-state index in [0.29, 0.717) is 17.2 Å². The first-order valence-electron chi connectivity index (χ1n) is 7.92. The van der Waals surface area contributed by atoms with Crippen LogP contribution in [0.1, 0.15) is 52.9 Å². The first kappa shape index (κ1) is 14.8. The summed E-state index contributed by atoms with van der Waals surface area (Å²) in [4.78, 5) is 14.4. The van der Waals surface area contributed by atoms with Crippen LogP contribution in [0.15, 0.2) is 0 Å². The summed E-state index contributed by atoms with van der Waals surface area (Å²) in [6.07, 6.45) is 5.63. The van der Waals surface area contributed by atoms with Crippen LogP contribution in [0.2, 0.25) is 0 Å². The Labute approximate surface area is 118 Å². The van der Waals surface area contributed by atoms with Crippen molar-refractivity contribution in [2.24, 2.45) is 17.3 Å². The molecule has 1 N–H and O–H groups in total. The third-order valence-electron chi connectivity index (χ3n) is 4.46. The van der Waals surface area contributed by atoms with Crippen molar-refractivity contribution in [2.75, 3.05) is 26.2 Å². The van der Waals surface area contributed by atoms with Crippen LogP contribution in [0.4, 0.5) is 0 Å². The molecule has 0 bridgehead atoms. The first-order chi connectivity index (χ1) is 8.94. The third-order valence-corrected chi connectivity index (χ3v) is 4.46. The average molecular weight is 266 g/mol. The maximum Gasteiger partial charge on any atom is 0.222 e. The van der Waals surface area contributed by atoms with Gasteiger partial charge in [0.1, 0.15) is 0 Å². The Kier molecular flexibility index (Phi) is 4.88. The number of amides is 1. The van der Waals surface area contributed by atoms with Gasteiger partial charge in [-0.3, -0.25) is 4.79 Å². The number of piperidine rings is 2. The van der Waals surface area contributed by atoms with Crippen molar-refractivity contribution >= 4 is 5.91 Å². The number of rotatable bonds is 3. The molecule has 1 atom stereocenters. The normalized spacial score (nSPS) is 26.8. The summed E-state index contributed by atoms with van der Waals surface area (Å²) >= 11 is 0. The Balaban J connectivity index is 1.78. The van der Waals surface area contributed by atoms with Crippen molar-refractivity contribution in [3.8, 4) is 0 Å². The molecule has 19 heavy (non-hydrogen) atoms.